The number of guanidine groups is 1. The van der Waals surface area contributed by atoms with Crippen LogP contribution in [0.3, 0.4) is 0 Å². The van der Waals surface area contributed by atoms with Gasteiger partial charge in [0.15, 0.2) is 6.04 Å². The van der Waals surface area contributed by atoms with Gasteiger partial charge in [-0.2, -0.15) is 4.99 Å². The number of likely N-dealkylation sites (N-methyl/N-ethyl adjacent to an activating group) is 1. The molecule has 5 unspecified atom stereocenters. The molecule has 1 fully saturated rings. The van der Waals surface area contributed by atoms with Crippen LogP contribution in [0, 0.1) is 0 Å². The van der Waals surface area contributed by atoms with Gasteiger partial charge < -0.3 is 25.8 Å². The Bertz CT molecular complexity index is 520. The molecule has 0 aromatic carbocycles. The molecule has 9 heteroatoms. The zero-order chi connectivity index (χ0) is 15.1. The van der Waals surface area contributed by atoms with Gasteiger partial charge in [-0.15, -0.1) is 0 Å². The second-order valence-corrected chi connectivity index (χ2v) is 5.30. The van der Waals surface area contributed by atoms with Gasteiger partial charge in [0.05, 0.1) is 19.3 Å². The maximum absolute atomic E-state index is 12.1. The van der Waals surface area contributed by atoms with Crippen LogP contribution >= 0.6 is 0 Å². The number of hydrogen-bond donors (Lipinski definition) is 3. The number of ether oxygens (including phenoxy) is 1. The first-order valence-corrected chi connectivity index (χ1v) is 6.96. The predicted octanol–water partition coefficient (Wildman–Crippen LogP) is -3.39. The molecule has 3 aliphatic heterocycles. The van der Waals surface area contributed by atoms with Gasteiger partial charge in [0, 0.05) is 12.3 Å². The topological polar surface area (TPSA) is 130 Å². The van der Waals surface area contributed by atoms with Crippen molar-refractivity contribution in [3.05, 3.63) is 0 Å². The fourth-order valence-corrected chi connectivity index (χ4v) is 2.98. The number of nitrogens with two attached hydrogens (primary N) is 1. The largest absolute Gasteiger partial charge is 0.859 e. The van der Waals surface area contributed by atoms with Gasteiger partial charge in [-0.3, -0.25) is 4.58 Å². The van der Waals surface area contributed by atoms with E-state index >= 15 is 0 Å². The van der Waals surface area contributed by atoms with Crippen LogP contribution in [0.4, 0.5) is 0 Å². The van der Waals surface area contributed by atoms with Crippen LogP contribution in [0.2, 0.25) is 0 Å². The molecule has 1 saturated heterocycles. The number of fused-ring (bicyclic) bond motifs is 1. The number of aliphatic hydroxyl groups excluding tert-OH is 2. The van der Waals surface area contributed by atoms with Crippen molar-refractivity contribution in [2.24, 2.45) is 15.7 Å². The van der Waals surface area contributed by atoms with Crippen LogP contribution in [-0.2, 0) is 4.74 Å². The summed E-state index contributed by atoms with van der Waals surface area (Å²) in [6.07, 6.45) is -0.227. The molecule has 9 nitrogen and oxygen atoms in total. The Hall–Kier alpha value is -1.71. The summed E-state index contributed by atoms with van der Waals surface area (Å²) in [4.78, 5) is 9.70. The number of rotatable bonds is 3. The molecule has 3 aliphatic rings. The lowest BCUT2D eigenvalue weighted by atomic mass is 10.1. The molecule has 0 saturated carbocycles. The summed E-state index contributed by atoms with van der Waals surface area (Å²) in [6.45, 7) is 2.29. The number of aliphatic imine (C=N–C) groups is 2. The standard InChI is InChI=1S/C12H19N5O4/c1-2-16-5-17(8-3-6(19)7(4-18)21-8)10-9(16)11(20)15-12(13)14-10/h5-10,18-19H,2-4H2,1H3,(H2-,13,14,15,20). The summed E-state index contributed by atoms with van der Waals surface area (Å²) >= 11 is 0. The van der Waals surface area contributed by atoms with Gasteiger partial charge in [-0.1, -0.05) is 0 Å². The second kappa shape index (κ2) is 5.24. The van der Waals surface area contributed by atoms with Crippen LogP contribution in [0.25, 0.3) is 0 Å². The zero-order valence-corrected chi connectivity index (χ0v) is 11.7. The van der Waals surface area contributed by atoms with Crippen LogP contribution in [-0.4, -0.2) is 81.7 Å². The highest BCUT2D eigenvalue weighted by Crippen LogP contribution is 2.28. The van der Waals surface area contributed by atoms with Gasteiger partial charge in [0.1, 0.15) is 6.10 Å². The van der Waals surface area contributed by atoms with E-state index in [4.69, 9.17) is 10.5 Å². The van der Waals surface area contributed by atoms with Crippen molar-refractivity contribution in [1.29, 1.82) is 0 Å². The van der Waals surface area contributed by atoms with Crippen molar-refractivity contribution in [2.45, 2.75) is 44.0 Å². The van der Waals surface area contributed by atoms with Crippen LogP contribution in [0.5, 0.6) is 0 Å². The third-order valence-electron chi connectivity index (χ3n) is 4.05. The van der Waals surface area contributed by atoms with E-state index in [1.165, 1.54) is 0 Å². The Labute approximate surface area is 121 Å². The number of nitrogens with zero attached hydrogens (tertiary/aromatic N) is 4. The van der Waals surface area contributed by atoms with Gasteiger partial charge >= 0.3 is 0 Å². The fraction of sp³-hybridized carbons (Fsp3) is 0.750. The summed E-state index contributed by atoms with van der Waals surface area (Å²) in [6, 6.07) is -0.517. The Kier molecular flexibility index (Phi) is 3.56. The first kappa shape index (κ1) is 14.2. The highest BCUT2D eigenvalue weighted by atomic mass is 16.5. The molecule has 0 amide bonds. The molecule has 0 radical (unpaired) electrons. The van der Waals surface area contributed by atoms with Crippen molar-refractivity contribution in [1.82, 2.24) is 4.90 Å². The van der Waals surface area contributed by atoms with E-state index in [0.29, 0.717) is 13.0 Å². The molecule has 4 N–H and O–H groups in total. The van der Waals surface area contributed by atoms with E-state index in [1.54, 1.807) is 11.2 Å². The van der Waals surface area contributed by atoms with Crippen molar-refractivity contribution in [3.8, 4) is 0 Å². The van der Waals surface area contributed by atoms with Crippen LogP contribution in [0.1, 0.15) is 13.3 Å². The lowest BCUT2D eigenvalue weighted by Crippen LogP contribution is -2.53. The summed E-state index contributed by atoms with van der Waals surface area (Å²) in [7, 11) is 0. The normalized spacial score (nSPS) is 38.9. The molecule has 0 aromatic rings. The minimum absolute atomic E-state index is 0.0464. The minimum Gasteiger partial charge on any atom is -0.859 e. The first-order chi connectivity index (χ1) is 10.0. The highest BCUT2D eigenvalue weighted by molar-refractivity contribution is 5.95. The number of aliphatic hydroxyl groups is 2. The van der Waals surface area contributed by atoms with E-state index in [2.05, 4.69) is 9.98 Å². The van der Waals surface area contributed by atoms with Crippen molar-refractivity contribution >= 4 is 18.2 Å². The van der Waals surface area contributed by atoms with Crippen LogP contribution < -0.4 is 10.8 Å². The molecular weight excluding hydrogens is 278 g/mol. The molecule has 3 heterocycles. The third kappa shape index (κ3) is 2.27. The zero-order valence-electron chi connectivity index (χ0n) is 11.7. The minimum atomic E-state index is -0.743. The second-order valence-electron chi connectivity index (χ2n) is 5.30. The molecule has 3 rings (SSSR count). The first-order valence-electron chi connectivity index (χ1n) is 6.96. The predicted molar refractivity (Wildman–Crippen MR) is 71.7 cm³/mol. The Balaban J connectivity index is 1.86. The SMILES string of the molecule is CC[N+]1=CN(C2CC(O)C(CO)O2)C2N=C(N)N=C([O-])C21. The molecule has 0 aliphatic carbocycles. The maximum atomic E-state index is 12.1. The molecule has 5 atom stereocenters. The Morgan fingerprint density at radius 2 is 2.38 bits per heavy atom. The van der Waals surface area contributed by atoms with Gasteiger partial charge in [0.2, 0.25) is 24.7 Å². The molecule has 116 valence electrons. The average Bonchev–Trinajstić information content (AvgIpc) is 2.98. The average molecular weight is 297 g/mol. The van der Waals surface area contributed by atoms with Crippen molar-refractivity contribution < 1.29 is 24.6 Å². The van der Waals surface area contributed by atoms with E-state index in [1.807, 2.05) is 11.5 Å². The molecule has 21 heavy (non-hydrogen) atoms. The van der Waals surface area contributed by atoms with E-state index in [-0.39, 0.29) is 18.5 Å². The Morgan fingerprint density at radius 1 is 1.62 bits per heavy atom. The van der Waals surface area contributed by atoms with E-state index < -0.39 is 30.6 Å². The number of hydrogen-bond acceptors (Lipinski definition) is 8. The third-order valence-corrected chi connectivity index (χ3v) is 4.05. The van der Waals surface area contributed by atoms with Gasteiger partial charge in [-0.25, -0.2) is 9.89 Å². The van der Waals surface area contributed by atoms with Crippen molar-refractivity contribution in [2.75, 3.05) is 13.2 Å². The quantitative estimate of drug-likeness (QED) is 0.466. The molecular formula is C12H19N5O4. The summed E-state index contributed by atoms with van der Waals surface area (Å²) in [5, 5.41) is 31.1. The Morgan fingerprint density at radius 3 is 3.00 bits per heavy atom. The maximum Gasteiger partial charge on any atom is 0.238 e. The van der Waals surface area contributed by atoms with Gasteiger partial charge in [-0.05, 0) is 6.92 Å². The molecule has 0 bridgehead atoms. The van der Waals surface area contributed by atoms with Gasteiger partial charge in [0.25, 0.3) is 0 Å². The van der Waals surface area contributed by atoms with Crippen LogP contribution in [0.15, 0.2) is 9.98 Å². The van der Waals surface area contributed by atoms with E-state index in [0.717, 1.165) is 0 Å². The monoisotopic (exact) mass is 297 g/mol. The lowest BCUT2D eigenvalue weighted by molar-refractivity contribution is -0.544. The smallest absolute Gasteiger partial charge is 0.238 e. The van der Waals surface area contributed by atoms with Crippen molar-refractivity contribution in [3.63, 3.8) is 0 Å². The summed E-state index contributed by atoms with van der Waals surface area (Å²) in [5.41, 5.74) is 5.58. The fourth-order valence-electron chi connectivity index (χ4n) is 2.98. The van der Waals surface area contributed by atoms with E-state index in [9.17, 15) is 15.3 Å². The molecule has 0 spiro atoms. The summed E-state index contributed by atoms with van der Waals surface area (Å²) < 4.78 is 7.46. The molecule has 0 aromatic heterocycles. The lowest BCUT2D eigenvalue weighted by Gasteiger charge is -2.28. The highest BCUT2D eigenvalue weighted by Gasteiger charge is 2.50. The summed E-state index contributed by atoms with van der Waals surface area (Å²) in [5.74, 6) is -0.375.